The predicted molar refractivity (Wildman–Crippen MR) is 53.1 cm³/mol. The van der Waals surface area contributed by atoms with E-state index in [-0.39, 0.29) is 11.4 Å². The third-order valence-electron chi connectivity index (χ3n) is 1.63. The minimum absolute atomic E-state index is 0.0635. The SMILES string of the molecule is O=C(O)c1cc(F)ccc1C=CCCl. The van der Waals surface area contributed by atoms with Crippen molar-refractivity contribution < 1.29 is 14.3 Å². The van der Waals surface area contributed by atoms with E-state index in [2.05, 4.69) is 0 Å². The van der Waals surface area contributed by atoms with Gasteiger partial charge in [0.1, 0.15) is 5.82 Å². The number of alkyl halides is 1. The van der Waals surface area contributed by atoms with Gasteiger partial charge in [-0.05, 0) is 17.7 Å². The van der Waals surface area contributed by atoms with E-state index in [1.165, 1.54) is 12.1 Å². The first-order valence-electron chi connectivity index (χ1n) is 3.90. The maximum Gasteiger partial charge on any atom is 0.336 e. The van der Waals surface area contributed by atoms with Gasteiger partial charge in [0, 0.05) is 5.88 Å². The van der Waals surface area contributed by atoms with Crippen LogP contribution in [0.2, 0.25) is 0 Å². The summed E-state index contributed by atoms with van der Waals surface area (Å²) in [6.07, 6.45) is 3.15. The van der Waals surface area contributed by atoms with Gasteiger partial charge in [0.2, 0.25) is 0 Å². The average molecular weight is 215 g/mol. The van der Waals surface area contributed by atoms with Crippen molar-refractivity contribution in [2.24, 2.45) is 0 Å². The van der Waals surface area contributed by atoms with E-state index in [0.29, 0.717) is 5.56 Å². The van der Waals surface area contributed by atoms with Crippen molar-refractivity contribution in [1.82, 2.24) is 0 Å². The van der Waals surface area contributed by atoms with E-state index in [1.807, 2.05) is 0 Å². The summed E-state index contributed by atoms with van der Waals surface area (Å²) in [5.74, 6) is -1.43. The number of benzene rings is 1. The van der Waals surface area contributed by atoms with Gasteiger partial charge in [-0.25, -0.2) is 9.18 Å². The molecule has 0 aromatic heterocycles. The lowest BCUT2D eigenvalue weighted by Crippen LogP contribution is -2.00. The highest BCUT2D eigenvalue weighted by Crippen LogP contribution is 2.13. The lowest BCUT2D eigenvalue weighted by atomic mass is 10.1. The van der Waals surface area contributed by atoms with Gasteiger partial charge in [-0.15, -0.1) is 11.6 Å². The first kappa shape index (κ1) is 10.7. The van der Waals surface area contributed by atoms with Crippen LogP contribution in [0.1, 0.15) is 15.9 Å². The van der Waals surface area contributed by atoms with E-state index in [9.17, 15) is 9.18 Å². The van der Waals surface area contributed by atoms with Gasteiger partial charge in [-0.2, -0.15) is 0 Å². The van der Waals surface area contributed by atoms with Crippen molar-refractivity contribution in [3.8, 4) is 0 Å². The molecule has 1 N–H and O–H groups in total. The van der Waals surface area contributed by atoms with Crippen LogP contribution in [0.5, 0.6) is 0 Å². The summed E-state index contributed by atoms with van der Waals surface area (Å²) >= 11 is 5.41. The smallest absolute Gasteiger partial charge is 0.336 e. The molecule has 0 aliphatic carbocycles. The molecular weight excluding hydrogens is 207 g/mol. The van der Waals surface area contributed by atoms with Gasteiger partial charge < -0.3 is 5.11 Å². The van der Waals surface area contributed by atoms with Gasteiger partial charge >= 0.3 is 5.97 Å². The van der Waals surface area contributed by atoms with Crippen molar-refractivity contribution in [1.29, 1.82) is 0 Å². The number of rotatable bonds is 3. The first-order valence-corrected chi connectivity index (χ1v) is 4.44. The maximum absolute atomic E-state index is 12.7. The molecular formula is C10H8ClFO2. The number of aromatic carboxylic acids is 1. The Labute approximate surface area is 85.6 Å². The van der Waals surface area contributed by atoms with Crippen molar-refractivity contribution >= 4 is 23.6 Å². The van der Waals surface area contributed by atoms with Crippen LogP contribution in [-0.4, -0.2) is 17.0 Å². The third-order valence-corrected chi connectivity index (χ3v) is 1.81. The Morgan fingerprint density at radius 1 is 1.57 bits per heavy atom. The molecule has 74 valence electrons. The molecule has 0 bridgehead atoms. The van der Waals surface area contributed by atoms with Crippen LogP contribution in [0.4, 0.5) is 4.39 Å². The number of carboxylic acids is 1. The second-order valence-electron chi connectivity index (χ2n) is 2.59. The Bertz CT molecular complexity index is 374. The van der Waals surface area contributed by atoms with Gasteiger partial charge in [-0.1, -0.05) is 18.2 Å². The lowest BCUT2D eigenvalue weighted by molar-refractivity contribution is 0.0696. The number of hydrogen-bond donors (Lipinski definition) is 1. The fraction of sp³-hybridized carbons (Fsp3) is 0.100. The molecule has 0 radical (unpaired) electrons. The number of halogens is 2. The number of carbonyl (C=O) groups is 1. The van der Waals surface area contributed by atoms with Crippen LogP contribution < -0.4 is 0 Å². The molecule has 1 aromatic rings. The minimum Gasteiger partial charge on any atom is -0.478 e. The molecule has 0 amide bonds. The quantitative estimate of drug-likeness (QED) is 0.786. The van der Waals surface area contributed by atoms with Crippen LogP contribution >= 0.6 is 11.6 Å². The summed E-state index contributed by atoms with van der Waals surface area (Å²) in [5.41, 5.74) is 0.380. The predicted octanol–water partition coefficient (Wildman–Crippen LogP) is 2.78. The molecule has 0 saturated heterocycles. The molecule has 1 rings (SSSR count). The summed E-state index contributed by atoms with van der Waals surface area (Å²) in [6, 6.07) is 3.60. The molecule has 0 heterocycles. The molecule has 0 unspecified atom stereocenters. The molecule has 1 aromatic carbocycles. The minimum atomic E-state index is -1.15. The summed E-state index contributed by atoms with van der Waals surface area (Å²) < 4.78 is 12.7. The fourth-order valence-corrected chi connectivity index (χ4v) is 1.12. The Balaban J connectivity index is 3.15. The second-order valence-corrected chi connectivity index (χ2v) is 2.90. The third kappa shape index (κ3) is 2.57. The molecule has 14 heavy (non-hydrogen) atoms. The second kappa shape index (κ2) is 4.77. The molecule has 4 heteroatoms. The first-order chi connectivity index (χ1) is 6.65. The molecule has 0 saturated carbocycles. The maximum atomic E-state index is 12.7. The molecule has 0 aliphatic heterocycles. The summed E-state index contributed by atoms with van der Waals surface area (Å²) in [5, 5.41) is 8.76. The molecule has 0 fully saturated rings. The zero-order chi connectivity index (χ0) is 10.6. The van der Waals surface area contributed by atoms with E-state index in [1.54, 1.807) is 12.2 Å². The number of carboxylic acid groups (broad SMARTS) is 1. The van der Waals surface area contributed by atoms with Crippen LogP contribution in [0.3, 0.4) is 0 Å². The monoisotopic (exact) mass is 214 g/mol. The summed E-state index contributed by atoms with van der Waals surface area (Å²) in [6.45, 7) is 0. The molecule has 0 atom stereocenters. The van der Waals surface area contributed by atoms with Gasteiger partial charge in [0.15, 0.2) is 0 Å². The molecule has 2 nitrogen and oxygen atoms in total. The highest BCUT2D eigenvalue weighted by Gasteiger charge is 2.08. The topological polar surface area (TPSA) is 37.3 Å². The fourth-order valence-electron chi connectivity index (χ4n) is 1.03. The Morgan fingerprint density at radius 2 is 2.29 bits per heavy atom. The summed E-state index contributed by atoms with van der Waals surface area (Å²) in [4.78, 5) is 10.7. The molecule has 0 aliphatic rings. The zero-order valence-corrected chi connectivity index (χ0v) is 7.96. The van der Waals surface area contributed by atoms with Crippen molar-refractivity contribution in [2.75, 3.05) is 5.88 Å². The van der Waals surface area contributed by atoms with Gasteiger partial charge in [0.05, 0.1) is 5.56 Å². The standard InChI is InChI=1S/C10H8ClFO2/c11-5-1-2-7-3-4-8(12)6-9(7)10(13)14/h1-4,6H,5H2,(H,13,14). The van der Waals surface area contributed by atoms with Crippen molar-refractivity contribution in [3.63, 3.8) is 0 Å². The van der Waals surface area contributed by atoms with E-state index < -0.39 is 11.8 Å². The van der Waals surface area contributed by atoms with Crippen molar-refractivity contribution in [3.05, 3.63) is 41.2 Å². The Morgan fingerprint density at radius 3 is 2.86 bits per heavy atom. The van der Waals surface area contributed by atoms with E-state index in [0.717, 1.165) is 6.07 Å². The van der Waals surface area contributed by atoms with Crippen molar-refractivity contribution in [2.45, 2.75) is 0 Å². The van der Waals surface area contributed by atoms with E-state index >= 15 is 0 Å². The number of allylic oxidation sites excluding steroid dienone is 1. The van der Waals surface area contributed by atoms with Crippen LogP contribution in [0, 0.1) is 5.82 Å². The van der Waals surface area contributed by atoms with Crippen LogP contribution in [0.25, 0.3) is 6.08 Å². The average Bonchev–Trinajstić information content (AvgIpc) is 2.15. The van der Waals surface area contributed by atoms with Gasteiger partial charge in [0.25, 0.3) is 0 Å². The highest BCUT2D eigenvalue weighted by atomic mass is 35.5. The Kier molecular flexibility index (Phi) is 3.65. The van der Waals surface area contributed by atoms with Crippen LogP contribution in [-0.2, 0) is 0 Å². The molecule has 0 spiro atoms. The number of hydrogen-bond acceptors (Lipinski definition) is 1. The van der Waals surface area contributed by atoms with Crippen LogP contribution in [0.15, 0.2) is 24.3 Å². The highest BCUT2D eigenvalue weighted by molar-refractivity contribution is 6.19. The van der Waals surface area contributed by atoms with E-state index in [4.69, 9.17) is 16.7 Å². The normalized spacial score (nSPS) is 10.7. The lowest BCUT2D eigenvalue weighted by Gasteiger charge is -2.00. The zero-order valence-electron chi connectivity index (χ0n) is 7.21. The summed E-state index contributed by atoms with van der Waals surface area (Å²) in [7, 11) is 0. The van der Waals surface area contributed by atoms with Gasteiger partial charge in [-0.3, -0.25) is 0 Å². The Hall–Kier alpha value is -1.35. The largest absolute Gasteiger partial charge is 0.478 e.